The molecular weight excluding hydrogens is 252 g/mol. The van der Waals surface area contributed by atoms with Gasteiger partial charge in [0.1, 0.15) is 0 Å². The van der Waals surface area contributed by atoms with Gasteiger partial charge in [-0.15, -0.1) is 0 Å². The zero-order valence-electron chi connectivity index (χ0n) is 9.52. The first kappa shape index (κ1) is 12.6. The summed E-state index contributed by atoms with van der Waals surface area (Å²) >= 11 is 0. The molecule has 1 amide bonds. The first-order chi connectivity index (χ1) is 9.11. The Balaban J connectivity index is 2.21. The first-order valence-electron chi connectivity index (χ1n) is 5.23. The van der Waals surface area contributed by atoms with Crippen LogP contribution in [0.5, 0.6) is 0 Å². The Morgan fingerprint density at radius 3 is 2.53 bits per heavy atom. The molecule has 0 saturated heterocycles. The molecule has 0 atom stereocenters. The molecule has 2 aromatic rings. The number of aromatic nitrogens is 1. The summed E-state index contributed by atoms with van der Waals surface area (Å²) in [5.41, 5.74) is 0.372. The molecule has 0 fully saturated rings. The van der Waals surface area contributed by atoms with E-state index in [9.17, 15) is 13.6 Å². The molecule has 0 spiro atoms. The second kappa shape index (κ2) is 5.23. The second-order valence-electron chi connectivity index (χ2n) is 3.61. The van der Waals surface area contributed by atoms with Crippen molar-refractivity contribution in [1.29, 1.82) is 5.26 Å². The maximum Gasteiger partial charge on any atom is 0.258 e. The highest BCUT2D eigenvalue weighted by Crippen LogP contribution is 2.13. The van der Waals surface area contributed by atoms with Crippen LogP contribution in [0.15, 0.2) is 36.5 Å². The predicted octanol–water partition coefficient (Wildman–Crippen LogP) is 2.48. The minimum Gasteiger partial charge on any atom is -0.322 e. The molecule has 0 radical (unpaired) electrons. The molecule has 0 bridgehead atoms. The molecule has 2 rings (SSSR count). The number of nitrogens with one attached hydrogen (secondary N) is 1. The fourth-order valence-corrected chi connectivity index (χ4v) is 1.42. The minimum atomic E-state index is -1.33. The van der Waals surface area contributed by atoms with Crippen molar-refractivity contribution in [3.05, 3.63) is 59.4 Å². The largest absolute Gasteiger partial charge is 0.322 e. The summed E-state index contributed by atoms with van der Waals surface area (Å²) in [6.07, 6.45) is 1.01. The molecular formula is C13H7F2N3O. The lowest BCUT2D eigenvalue weighted by Gasteiger charge is -2.06. The fourth-order valence-electron chi connectivity index (χ4n) is 1.42. The van der Waals surface area contributed by atoms with Crippen LogP contribution in [0.1, 0.15) is 15.9 Å². The number of halogens is 2. The smallest absolute Gasteiger partial charge is 0.258 e. The van der Waals surface area contributed by atoms with Crippen LogP contribution >= 0.6 is 0 Å². The number of hydrogen-bond acceptors (Lipinski definition) is 3. The van der Waals surface area contributed by atoms with Crippen molar-refractivity contribution in [2.24, 2.45) is 0 Å². The van der Waals surface area contributed by atoms with Gasteiger partial charge in [-0.25, -0.2) is 9.37 Å². The lowest BCUT2D eigenvalue weighted by molar-refractivity contribution is 0.102. The van der Waals surface area contributed by atoms with Crippen LogP contribution in [0.3, 0.4) is 0 Å². The van der Waals surface area contributed by atoms with Crippen molar-refractivity contribution in [2.45, 2.75) is 0 Å². The van der Waals surface area contributed by atoms with E-state index in [4.69, 9.17) is 5.26 Å². The van der Waals surface area contributed by atoms with Gasteiger partial charge in [0.15, 0.2) is 5.82 Å². The zero-order valence-corrected chi connectivity index (χ0v) is 9.52. The standard InChI is InChI=1S/C13H7F2N3O/c14-11-10(5-6-17-12(11)15)13(19)18-9-3-1-8(7-16)2-4-9/h1-6H,(H,18,19). The fraction of sp³-hybridized carbons (Fsp3) is 0. The van der Waals surface area contributed by atoms with Crippen LogP contribution in [0.4, 0.5) is 14.5 Å². The normalized spacial score (nSPS) is 9.74. The third-order valence-corrected chi connectivity index (χ3v) is 2.36. The number of rotatable bonds is 2. The van der Waals surface area contributed by atoms with Crippen LogP contribution in [-0.2, 0) is 0 Å². The number of anilines is 1. The molecule has 6 heteroatoms. The molecule has 0 aliphatic rings. The van der Waals surface area contributed by atoms with Crippen LogP contribution in [-0.4, -0.2) is 10.9 Å². The summed E-state index contributed by atoms with van der Waals surface area (Å²) in [4.78, 5) is 14.8. The van der Waals surface area contributed by atoms with Crippen molar-refractivity contribution in [1.82, 2.24) is 4.98 Å². The Kier molecular flexibility index (Phi) is 3.48. The SMILES string of the molecule is N#Cc1ccc(NC(=O)c2ccnc(F)c2F)cc1. The van der Waals surface area contributed by atoms with E-state index in [1.807, 2.05) is 6.07 Å². The molecule has 1 N–H and O–H groups in total. The Morgan fingerprint density at radius 2 is 1.89 bits per heavy atom. The maximum absolute atomic E-state index is 13.3. The van der Waals surface area contributed by atoms with Gasteiger partial charge in [-0.3, -0.25) is 4.79 Å². The molecule has 4 nitrogen and oxygen atoms in total. The average Bonchev–Trinajstić information content (AvgIpc) is 2.42. The predicted molar refractivity (Wildman–Crippen MR) is 63.3 cm³/mol. The van der Waals surface area contributed by atoms with E-state index in [1.54, 1.807) is 0 Å². The monoisotopic (exact) mass is 259 g/mol. The van der Waals surface area contributed by atoms with E-state index < -0.39 is 23.2 Å². The Hall–Kier alpha value is -2.81. The third-order valence-electron chi connectivity index (χ3n) is 2.36. The van der Waals surface area contributed by atoms with Crippen LogP contribution in [0.25, 0.3) is 0 Å². The lowest BCUT2D eigenvalue weighted by Crippen LogP contribution is -2.15. The number of nitriles is 1. The van der Waals surface area contributed by atoms with Crippen LogP contribution < -0.4 is 5.32 Å². The molecule has 0 aliphatic carbocycles. The van der Waals surface area contributed by atoms with Gasteiger partial charge in [0.05, 0.1) is 17.2 Å². The van der Waals surface area contributed by atoms with Gasteiger partial charge in [-0.1, -0.05) is 0 Å². The number of nitrogens with zero attached hydrogens (tertiary/aromatic N) is 2. The lowest BCUT2D eigenvalue weighted by atomic mass is 10.2. The van der Waals surface area contributed by atoms with Gasteiger partial charge in [0, 0.05) is 11.9 Å². The van der Waals surface area contributed by atoms with E-state index in [-0.39, 0.29) is 0 Å². The number of amides is 1. The number of pyridine rings is 1. The van der Waals surface area contributed by atoms with Crippen molar-refractivity contribution in [2.75, 3.05) is 5.32 Å². The van der Waals surface area contributed by atoms with Crippen molar-refractivity contribution in [3.63, 3.8) is 0 Å². The maximum atomic E-state index is 13.3. The number of hydrogen-bond donors (Lipinski definition) is 1. The number of carbonyl (C=O) groups is 1. The quantitative estimate of drug-likeness (QED) is 0.842. The average molecular weight is 259 g/mol. The Labute approximate surface area is 107 Å². The van der Waals surface area contributed by atoms with Gasteiger partial charge in [0.2, 0.25) is 5.95 Å². The molecule has 1 aromatic carbocycles. The summed E-state index contributed by atoms with van der Waals surface area (Å²) in [7, 11) is 0. The van der Waals surface area contributed by atoms with Gasteiger partial charge >= 0.3 is 0 Å². The number of benzene rings is 1. The van der Waals surface area contributed by atoms with E-state index in [2.05, 4.69) is 10.3 Å². The summed E-state index contributed by atoms with van der Waals surface area (Å²) in [5, 5.41) is 11.0. The number of carbonyl (C=O) groups excluding carboxylic acids is 1. The minimum absolute atomic E-state index is 0.376. The van der Waals surface area contributed by atoms with E-state index >= 15 is 0 Å². The van der Waals surface area contributed by atoms with E-state index in [1.165, 1.54) is 24.3 Å². The zero-order chi connectivity index (χ0) is 13.8. The van der Waals surface area contributed by atoms with Crippen molar-refractivity contribution >= 4 is 11.6 Å². The Bertz CT molecular complexity index is 663. The molecule has 94 valence electrons. The van der Waals surface area contributed by atoms with E-state index in [0.717, 1.165) is 12.3 Å². The molecule has 0 saturated carbocycles. The van der Waals surface area contributed by atoms with Crippen molar-refractivity contribution in [3.8, 4) is 6.07 Å². The van der Waals surface area contributed by atoms with Gasteiger partial charge < -0.3 is 5.32 Å². The van der Waals surface area contributed by atoms with Gasteiger partial charge in [-0.2, -0.15) is 9.65 Å². The molecule has 0 aliphatic heterocycles. The van der Waals surface area contributed by atoms with E-state index in [0.29, 0.717) is 11.3 Å². The van der Waals surface area contributed by atoms with Gasteiger partial charge in [0.25, 0.3) is 5.91 Å². The van der Waals surface area contributed by atoms with Crippen LogP contribution in [0.2, 0.25) is 0 Å². The first-order valence-corrected chi connectivity index (χ1v) is 5.23. The summed E-state index contributed by atoms with van der Waals surface area (Å²) in [6.45, 7) is 0. The molecule has 1 aromatic heterocycles. The summed E-state index contributed by atoms with van der Waals surface area (Å²) in [6, 6.07) is 8.99. The van der Waals surface area contributed by atoms with Crippen molar-refractivity contribution < 1.29 is 13.6 Å². The highest BCUT2D eigenvalue weighted by Gasteiger charge is 2.16. The molecule has 19 heavy (non-hydrogen) atoms. The summed E-state index contributed by atoms with van der Waals surface area (Å²) in [5.74, 6) is -3.41. The summed E-state index contributed by atoms with van der Waals surface area (Å²) < 4.78 is 26.2. The Morgan fingerprint density at radius 1 is 1.21 bits per heavy atom. The second-order valence-corrected chi connectivity index (χ2v) is 3.61. The molecule has 0 unspecified atom stereocenters. The van der Waals surface area contributed by atoms with Gasteiger partial charge in [-0.05, 0) is 30.3 Å². The topological polar surface area (TPSA) is 65.8 Å². The van der Waals surface area contributed by atoms with Crippen LogP contribution in [0, 0.1) is 23.1 Å². The highest BCUT2D eigenvalue weighted by molar-refractivity contribution is 6.04. The highest BCUT2D eigenvalue weighted by atomic mass is 19.2. The molecule has 1 heterocycles. The third kappa shape index (κ3) is 2.72.